The monoisotopic (exact) mass is 452 g/mol. The van der Waals surface area contributed by atoms with Gasteiger partial charge in [-0.15, -0.1) is 11.3 Å². The van der Waals surface area contributed by atoms with Crippen LogP contribution in [-0.2, 0) is 24.2 Å². The van der Waals surface area contributed by atoms with Gasteiger partial charge in [-0.3, -0.25) is 19.0 Å². The molecular formula is C21H17FN6O3S. The van der Waals surface area contributed by atoms with Crippen LogP contribution in [0.2, 0.25) is 0 Å². The van der Waals surface area contributed by atoms with E-state index < -0.39 is 17.4 Å². The van der Waals surface area contributed by atoms with Gasteiger partial charge >= 0.3 is 0 Å². The maximum Gasteiger partial charge on any atom is 0.264 e. The predicted molar refractivity (Wildman–Crippen MR) is 117 cm³/mol. The van der Waals surface area contributed by atoms with Crippen LogP contribution in [0.25, 0.3) is 16.7 Å². The number of carbonyl (C=O) groups is 2. The van der Waals surface area contributed by atoms with Crippen LogP contribution < -0.4 is 16.6 Å². The van der Waals surface area contributed by atoms with Crippen LogP contribution in [0.5, 0.6) is 0 Å². The van der Waals surface area contributed by atoms with Crippen LogP contribution in [0.4, 0.5) is 9.39 Å². The van der Waals surface area contributed by atoms with Gasteiger partial charge in [0.25, 0.3) is 11.5 Å². The van der Waals surface area contributed by atoms with Crippen molar-refractivity contribution in [2.45, 2.75) is 25.8 Å². The highest BCUT2D eigenvalue weighted by atomic mass is 32.1. The van der Waals surface area contributed by atoms with Gasteiger partial charge in [-0.05, 0) is 49.1 Å². The number of carbonyl (C=O) groups excluding carboxylic acids is 2. The van der Waals surface area contributed by atoms with E-state index in [2.05, 4.69) is 15.4 Å². The number of nitrogens with one attached hydrogen (secondary N) is 1. The highest BCUT2D eigenvalue weighted by Gasteiger charge is 2.26. The minimum Gasteiger partial charge on any atom is -0.365 e. The van der Waals surface area contributed by atoms with Crippen molar-refractivity contribution in [2.75, 3.05) is 5.32 Å². The topological polar surface area (TPSA) is 125 Å². The molecule has 0 saturated heterocycles. The number of anilines is 1. The molecule has 0 radical (unpaired) electrons. The van der Waals surface area contributed by atoms with Crippen LogP contribution >= 0.6 is 11.3 Å². The lowest BCUT2D eigenvalue weighted by atomic mass is 10.1. The molecule has 5 rings (SSSR count). The Morgan fingerprint density at radius 3 is 2.75 bits per heavy atom. The maximum atomic E-state index is 13.2. The van der Waals surface area contributed by atoms with E-state index in [0.29, 0.717) is 21.9 Å². The van der Waals surface area contributed by atoms with E-state index in [1.165, 1.54) is 57.4 Å². The number of aryl methyl sites for hydroxylation is 1. The number of fused-ring (bicyclic) bond motifs is 2. The molecule has 1 aliphatic rings. The molecule has 9 nitrogen and oxygen atoms in total. The largest absolute Gasteiger partial charge is 0.365 e. The van der Waals surface area contributed by atoms with Crippen LogP contribution in [0.15, 0.2) is 41.6 Å². The zero-order valence-corrected chi connectivity index (χ0v) is 17.5. The summed E-state index contributed by atoms with van der Waals surface area (Å²) in [5.74, 6) is -1.43. The number of amides is 2. The molecule has 11 heteroatoms. The van der Waals surface area contributed by atoms with E-state index >= 15 is 0 Å². The van der Waals surface area contributed by atoms with Gasteiger partial charge in [0.1, 0.15) is 29.1 Å². The summed E-state index contributed by atoms with van der Waals surface area (Å²) in [4.78, 5) is 42.7. The molecular weight excluding hydrogens is 435 g/mol. The van der Waals surface area contributed by atoms with Crippen LogP contribution in [-0.4, -0.2) is 31.1 Å². The molecule has 0 fully saturated rings. The molecule has 0 bridgehead atoms. The van der Waals surface area contributed by atoms with E-state index in [9.17, 15) is 18.8 Å². The number of aromatic nitrogens is 4. The average molecular weight is 452 g/mol. The number of hydrogen-bond donors (Lipinski definition) is 2. The smallest absolute Gasteiger partial charge is 0.264 e. The molecule has 1 aromatic carbocycles. The Balaban J connectivity index is 1.41. The third kappa shape index (κ3) is 3.36. The van der Waals surface area contributed by atoms with Crippen molar-refractivity contribution in [3.8, 4) is 5.69 Å². The molecule has 3 N–H and O–H groups in total. The first-order valence-electron chi connectivity index (χ1n) is 9.85. The first-order valence-corrected chi connectivity index (χ1v) is 10.7. The lowest BCUT2D eigenvalue weighted by molar-refractivity contribution is -0.116. The zero-order chi connectivity index (χ0) is 22.4. The molecule has 0 aliphatic heterocycles. The third-order valence-electron chi connectivity index (χ3n) is 5.36. The lowest BCUT2D eigenvalue weighted by Crippen LogP contribution is -2.28. The molecule has 32 heavy (non-hydrogen) atoms. The highest BCUT2D eigenvalue weighted by molar-refractivity contribution is 7.17. The van der Waals surface area contributed by atoms with Crippen molar-refractivity contribution in [3.05, 3.63) is 69.0 Å². The number of thiophene rings is 1. The fourth-order valence-corrected chi connectivity index (χ4v) is 5.22. The van der Waals surface area contributed by atoms with Crippen LogP contribution in [0.3, 0.4) is 0 Å². The van der Waals surface area contributed by atoms with Gasteiger partial charge in [0.2, 0.25) is 5.91 Å². The van der Waals surface area contributed by atoms with Crippen molar-refractivity contribution in [1.82, 2.24) is 19.3 Å². The fraction of sp³-hybridized carbons (Fsp3) is 0.190. The van der Waals surface area contributed by atoms with Gasteiger partial charge in [0.15, 0.2) is 5.65 Å². The Kier molecular flexibility index (Phi) is 4.82. The minimum atomic E-state index is -0.576. The second kappa shape index (κ2) is 7.68. The second-order valence-corrected chi connectivity index (χ2v) is 8.53. The summed E-state index contributed by atoms with van der Waals surface area (Å²) in [6, 6.07) is 5.62. The molecule has 0 saturated carbocycles. The Morgan fingerprint density at radius 1 is 1.22 bits per heavy atom. The third-order valence-corrected chi connectivity index (χ3v) is 6.57. The van der Waals surface area contributed by atoms with E-state index in [0.717, 1.165) is 29.7 Å². The van der Waals surface area contributed by atoms with Crippen LogP contribution in [0, 0.1) is 5.82 Å². The fourth-order valence-electron chi connectivity index (χ4n) is 3.91. The molecule has 4 aromatic rings. The normalized spacial score (nSPS) is 12.8. The van der Waals surface area contributed by atoms with E-state index in [4.69, 9.17) is 5.73 Å². The minimum absolute atomic E-state index is 0.220. The molecule has 3 aromatic heterocycles. The number of nitrogens with zero attached hydrogens (tertiary/aromatic N) is 4. The van der Waals surface area contributed by atoms with Crippen molar-refractivity contribution in [3.63, 3.8) is 0 Å². The van der Waals surface area contributed by atoms with Crippen molar-refractivity contribution in [2.24, 2.45) is 5.73 Å². The summed E-state index contributed by atoms with van der Waals surface area (Å²) in [5, 5.41) is 7.52. The van der Waals surface area contributed by atoms with Crippen LogP contribution in [0.1, 0.15) is 27.2 Å². The highest BCUT2D eigenvalue weighted by Crippen LogP contribution is 2.38. The summed E-state index contributed by atoms with van der Waals surface area (Å²) in [6.45, 7) is -0.287. The van der Waals surface area contributed by atoms with Crippen molar-refractivity contribution < 1.29 is 14.0 Å². The Bertz CT molecular complexity index is 1440. The number of benzene rings is 1. The SMILES string of the molecule is NC(=O)c1c(NC(=O)Cn2cnc3c(cnn3-c3ccc(F)cc3)c2=O)sc2c1CCC2. The molecule has 0 spiro atoms. The molecule has 162 valence electrons. The summed E-state index contributed by atoms with van der Waals surface area (Å²) < 4.78 is 15.8. The lowest BCUT2D eigenvalue weighted by Gasteiger charge is -2.08. The van der Waals surface area contributed by atoms with E-state index in [1.807, 2.05) is 0 Å². The summed E-state index contributed by atoms with van der Waals surface area (Å²) in [5.41, 5.74) is 7.20. The van der Waals surface area contributed by atoms with Gasteiger partial charge in [-0.1, -0.05) is 0 Å². The first kappa shape index (κ1) is 20.1. The zero-order valence-electron chi connectivity index (χ0n) is 16.7. The quantitative estimate of drug-likeness (QED) is 0.479. The van der Waals surface area contributed by atoms with E-state index in [1.54, 1.807) is 0 Å². The first-order chi connectivity index (χ1) is 15.4. The summed E-state index contributed by atoms with van der Waals surface area (Å²) >= 11 is 1.35. The average Bonchev–Trinajstić information content (AvgIpc) is 3.45. The molecule has 1 aliphatic carbocycles. The second-order valence-electron chi connectivity index (χ2n) is 7.42. The standard InChI is InChI=1S/C21H17FN6O3S/c22-11-4-6-12(7-5-11)28-19-14(8-25-28)21(31)27(10-24-19)9-16(29)26-20-17(18(23)30)13-2-1-3-15(13)32-20/h4-8,10H,1-3,9H2,(H2,23,30)(H,26,29). The van der Waals surface area contributed by atoms with Gasteiger partial charge in [0, 0.05) is 4.88 Å². The summed E-state index contributed by atoms with van der Waals surface area (Å²) in [6.07, 6.45) is 5.20. The molecule has 0 atom stereocenters. The predicted octanol–water partition coefficient (Wildman–Crippen LogP) is 2.01. The van der Waals surface area contributed by atoms with Gasteiger partial charge in [-0.2, -0.15) is 5.10 Å². The van der Waals surface area contributed by atoms with E-state index in [-0.39, 0.29) is 17.7 Å². The van der Waals surface area contributed by atoms with Crippen molar-refractivity contribution in [1.29, 1.82) is 0 Å². The number of primary amides is 1. The number of hydrogen-bond acceptors (Lipinski definition) is 6. The Labute approximate surface area is 184 Å². The molecule has 0 unspecified atom stereocenters. The van der Waals surface area contributed by atoms with Crippen molar-refractivity contribution >= 4 is 39.2 Å². The Hall–Kier alpha value is -3.86. The molecule has 2 amide bonds. The van der Waals surface area contributed by atoms with Gasteiger partial charge < -0.3 is 11.1 Å². The number of rotatable bonds is 5. The van der Waals surface area contributed by atoms with Gasteiger partial charge in [0.05, 0.1) is 17.4 Å². The number of halogens is 1. The number of nitrogens with two attached hydrogens (primary N) is 1. The maximum absolute atomic E-state index is 13.2. The summed E-state index contributed by atoms with van der Waals surface area (Å²) in [7, 11) is 0. The molecule has 3 heterocycles. The van der Waals surface area contributed by atoms with Gasteiger partial charge in [-0.25, -0.2) is 14.1 Å². The Morgan fingerprint density at radius 2 is 2.00 bits per heavy atom.